The number of aliphatic hydroxyl groups is 1. The van der Waals surface area contributed by atoms with E-state index in [1.807, 2.05) is 25.1 Å². The normalized spacial score (nSPS) is 12.9. The molecular weight excluding hydrogens is 244 g/mol. The van der Waals surface area contributed by atoms with Gasteiger partial charge in [-0.2, -0.15) is 0 Å². The van der Waals surface area contributed by atoms with Gasteiger partial charge in [0.15, 0.2) is 0 Å². The Morgan fingerprint density at radius 3 is 2.88 bits per heavy atom. The Labute approximate surface area is 103 Å². The van der Waals surface area contributed by atoms with E-state index in [-0.39, 0.29) is 0 Å². The van der Waals surface area contributed by atoms with Gasteiger partial charge < -0.3 is 9.52 Å². The number of hydrogen-bond acceptors (Lipinski definition) is 3. The lowest BCUT2D eigenvalue weighted by atomic mass is 10.1. The van der Waals surface area contributed by atoms with Crippen molar-refractivity contribution in [2.24, 2.45) is 0 Å². The maximum atomic E-state index is 10.1. The third kappa shape index (κ3) is 2.48. The highest BCUT2D eigenvalue weighted by Gasteiger charge is 2.15. The molecule has 0 aliphatic heterocycles. The van der Waals surface area contributed by atoms with Gasteiger partial charge in [0.05, 0.1) is 16.7 Å². The van der Waals surface area contributed by atoms with E-state index >= 15 is 0 Å². The van der Waals surface area contributed by atoms with Gasteiger partial charge in [-0.05, 0) is 18.2 Å². The molecule has 0 fully saturated rings. The largest absolute Gasteiger partial charge is 0.469 e. The number of aliphatic hydroxyl groups excluding tert-OH is 1. The molecular formula is C12H13ClO2S. The standard InChI is InChI=1S/C12H13ClO2S/c1-2-11-9(5-6-15-11)10(14)7-8-3-4-12(13)16-8/h3-6,10,14H,2,7H2,1H3. The van der Waals surface area contributed by atoms with Crippen LogP contribution in [0.1, 0.15) is 29.2 Å². The number of furan rings is 1. The summed E-state index contributed by atoms with van der Waals surface area (Å²) in [6, 6.07) is 5.63. The van der Waals surface area contributed by atoms with Crippen molar-refractivity contribution in [1.29, 1.82) is 0 Å². The van der Waals surface area contributed by atoms with Gasteiger partial charge in [-0.3, -0.25) is 0 Å². The van der Waals surface area contributed by atoms with Crippen LogP contribution in [0.2, 0.25) is 4.34 Å². The van der Waals surface area contributed by atoms with Gasteiger partial charge in [0.2, 0.25) is 0 Å². The highest BCUT2D eigenvalue weighted by molar-refractivity contribution is 7.16. The molecule has 2 rings (SSSR count). The lowest BCUT2D eigenvalue weighted by molar-refractivity contribution is 0.177. The fourth-order valence-corrected chi connectivity index (χ4v) is 2.82. The summed E-state index contributed by atoms with van der Waals surface area (Å²) in [5.74, 6) is 0.857. The Hall–Kier alpha value is -0.770. The molecule has 2 nitrogen and oxygen atoms in total. The highest BCUT2D eigenvalue weighted by Crippen LogP contribution is 2.28. The van der Waals surface area contributed by atoms with Crippen LogP contribution >= 0.6 is 22.9 Å². The van der Waals surface area contributed by atoms with E-state index in [0.717, 1.165) is 27.0 Å². The molecule has 0 radical (unpaired) electrons. The Kier molecular flexibility index (Phi) is 3.69. The van der Waals surface area contributed by atoms with Crippen LogP contribution in [0.5, 0.6) is 0 Å². The molecule has 0 bridgehead atoms. The predicted molar refractivity (Wildman–Crippen MR) is 66.1 cm³/mol. The van der Waals surface area contributed by atoms with Gasteiger partial charge in [-0.25, -0.2) is 0 Å². The third-order valence-electron chi connectivity index (χ3n) is 2.48. The number of aryl methyl sites for hydroxylation is 1. The summed E-state index contributed by atoms with van der Waals surface area (Å²) < 4.78 is 6.05. The quantitative estimate of drug-likeness (QED) is 0.902. The fraction of sp³-hybridized carbons (Fsp3) is 0.333. The van der Waals surface area contributed by atoms with Crippen molar-refractivity contribution >= 4 is 22.9 Å². The minimum atomic E-state index is -0.511. The average molecular weight is 257 g/mol. The molecule has 2 heterocycles. The summed E-state index contributed by atoms with van der Waals surface area (Å²) in [7, 11) is 0. The molecule has 1 atom stereocenters. The number of hydrogen-bond donors (Lipinski definition) is 1. The monoisotopic (exact) mass is 256 g/mol. The van der Waals surface area contributed by atoms with Crippen molar-refractivity contribution in [3.05, 3.63) is 45.0 Å². The van der Waals surface area contributed by atoms with Gasteiger partial charge in [0.1, 0.15) is 5.76 Å². The summed E-state index contributed by atoms with van der Waals surface area (Å²) >= 11 is 7.35. The summed E-state index contributed by atoms with van der Waals surface area (Å²) in [5.41, 5.74) is 0.882. The maximum absolute atomic E-state index is 10.1. The van der Waals surface area contributed by atoms with Crippen molar-refractivity contribution in [3.63, 3.8) is 0 Å². The molecule has 2 aromatic heterocycles. The minimum absolute atomic E-state index is 0.511. The van der Waals surface area contributed by atoms with Crippen molar-refractivity contribution in [2.45, 2.75) is 25.9 Å². The lowest BCUT2D eigenvalue weighted by Crippen LogP contribution is -2.01. The average Bonchev–Trinajstić information content (AvgIpc) is 2.86. The van der Waals surface area contributed by atoms with Crippen molar-refractivity contribution in [3.8, 4) is 0 Å². The summed E-state index contributed by atoms with van der Waals surface area (Å²) in [5, 5.41) is 10.1. The van der Waals surface area contributed by atoms with Crippen LogP contribution in [0.4, 0.5) is 0 Å². The molecule has 2 aromatic rings. The van der Waals surface area contributed by atoms with Crippen molar-refractivity contribution in [1.82, 2.24) is 0 Å². The second kappa shape index (κ2) is 5.04. The molecule has 0 spiro atoms. The SMILES string of the molecule is CCc1occc1C(O)Cc1ccc(Cl)s1. The molecule has 4 heteroatoms. The van der Waals surface area contributed by atoms with E-state index < -0.39 is 6.10 Å². The first-order valence-electron chi connectivity index (χ1n) is 5.19. The highest BCUT2D eigenvalue weighted by atomic mass is 35.5. The third-order valence-corrected chi connectivity index (χ3v) is 3.74. The van der Waals surface area contributed by atoms with E-state index in [1.165, 1.54) is 11.3 Å². The molecule has 16 heavy (non-hydrogen) atoms. The lowest BCUT2D eigenvalue weighted by Gasteiger charge is -2.08. The predicted octanol–water partition coefficient (Wildman–Crippen LogP) is 3.83. The number of halogens is 1. The molecule has 0 saturated heterocycles. The van der Waals surface area contributed by atoms with Crippen molar-refractivity contribution < 1.29 is 9.52 Å². The van der Waals surface area contributed by atoms with Crippen LogP contribution in [0, 0.1) is 0 Å². The van der Waals surface area contributed by atoms with Gasteiger partial charge in [0.25, 0.3) is 0 Å². The van der Waals surface area contributed by atoms with E-state index in [4.69, 9.17) is 16.0 Å². The van der Waals surface area contributed by atoms with Gasteiger partial charge in [-0.1, -0.05) is 18.5 Å². The summed E-state index contributed by atoms with van der Waals surface area (Å²) in [4.78, 5) is 1.08. The zero-order chi connectivity index (χ0) is 11.5. The fourth-order valence-electron chi connectivity index (χ4n) is 1.70. The van der Waals surface area contributed by atoms with Crippen LogP contribution in [0.15, 0.2) is 28.9 Å². The minimum Gasteiger partial charge on any atom is -0.469 e. The van der Waals surface area contributed by atoms with Gasteiger partial charge in [0, 0.05) is 23.3 Å². The molecule has 1 unspecified atom stereocenters. The van der Waals surface area contributed by atoms with Crippen LogP contribution in [0.25, 0.3) is 0 Å². The van der Waals surface area contributed by atoms with E-state index in [0.29, 0.717) is 6.42 Å². The summed E-state index contributed by atoms with van der Waals surface area (Å²) in [6.45, 7) is 2.01. The zero-order valence-electron chi connectivity index (χ0n) is 8.94. The topological polar surface area (TPSA) is 33.4 Å². The Morgan fingerprint density at radius 1 is 1.44 bits per heavy atom. The molecule has 0 aliphatic rings. The van der Waals surface area contributed by atoms with Gasteiger partial charge in [-0.15, -0.1) is 11.3 Å². The van der Waals surface area contributed by atoms with Crippen LogP contribution in [-0.4, -0.2) is 5.11 Å². The van der Waals surface area contributed by atoms with E-state index in [1.54, 1.807) is 6.26 Å². The Morgan fingerprint density at radius 2 is 2.25 bits per heavy atom. The first-order chi connectivity index (χ1) is 7.70. The van der Waals surface area contributed by atoms with Gasteiger partial charge >= 0.3 is 0 Å². The zero-order valence-corrected chi connectivity index (χ0v) is 10.5. The summed E-state index contributed by atoms with van der Waals surface area (Å²) in [6.07, 6.45) is 2.50. The first-order valence-corrected chi connectivity index (χ1v) is 6.38. The molecule has 1 N–H and O–H groups in total. The Balaban J connectivity index is 2.11. The Bertz CT molecular complexity index is 461. The molecule has 0 saturated carbocycles. The van der Waals surface area contributed by atoms with Crippen LogP contribution < -0.4 is 0 Å². The van der Waals surface area contributed by atoms with Crippen LogP contribution in [-0.2, 0) is 12.8 Å². The van der Waals surface area contributed by atoms with E-state index in [9.17, 15) is 5.11 Å². The van der Waals surface area contributed by atoms with E-state index in [2.05, 4.69) is 0 Å². The van der Waals surface area contributed by atoms with Crippen LogP contribution in [0.3, 0.4) is 0 Å². The van der Waals surface area contributed by atoms with Crippen molar-refractivity contribution in [2.75, 3.05) is 0 Å². The molecule has 86 valence electrons. The number of rotatable bonds is 4. The molecule has 0 amide bonds. The maximum Gasteiger partial charge on any atom is 0.109 e. The molecule has 0 aromatic carbocycles. The first kappa shape index (κ1) is 11.7. The second-order valence-corrected chi connectivity index (χ2v) is 5.38. The smallest absolute Gasteiger partial charge is 0.109 e. The molecule has 0 aliphatic carbocycles. The number of thiophene rings is 1. The second-order valence-electron chi connectivity index (χ2n) is 3.58.